The summed E-state index contributed by atoms with van der Waals surface area (Å²) < 4.78 is 26.5. The lowest BCUT2D eigenvalue weighted by Gasteiger charge is -2.22. The Morgan fingerprint density at radius 1 is 1.52 bits per heavy atom. The van der Waals surface area contributed by atoms with Gasteiger partial charge in [-0.3, -0.25) is 4.79 Å². The summed E-state index contributed by atoms with van der Waals surface area (Å²) in [6, 6.07) is 3.33. The first-order chi connectivity index (χ1) is 10.1. The number of carbonyl (C=O) groups is 1. The average Bonchev–Trinajstić information content (AvgIpc) is 3.20. The molecule has 0 aliphatic carbocycles. The van der Waals surface area contributed by atoms with Crippen molar-refractivity contribution in [3.05, 3.63) is 34.9 Å². The van der Waals surface area contributed by atoms with Gasteiger partial charge in [0.05, 0.1) is 17.4 Å². The Balaban J connectivity index is 1.79. The largest absolute Gasteiger partial charge is 0.335 e. The number of carbonyl (C=O) groups excluding carboxylic acids is 1. The fourth-order valence-electron chi connectivity index (χ4n) is 2.59. The molecule has 0 radical (unpaired) electrons. The van der Waals surface area contributed by atoms with E-state index >= 15 is 0 Å². The van der Waals surface area contributed by atoms with Crippen LogP contribution in [0.5, 0.6) is 0 Å². The minimum Gasteiger partial charge on any atom is -0.335 e. The zero-order valence-electron chi connectivity index (χ0n) is 11.2. The highest BCUT2D eigenvalue weighted by atomic mass is 32.2. The summed E-state index contributed by atoms with van der Waals surface area (Å²) in [4.78, 5) is 19.3. The number of nitrogens with zero attached hydrogens (tertiary/aromatic N) is 2. The Kier molecular flexibility index (Phi) is 3.92. The molecule has 0 spiro atoms. The van der Waals surface area contributed by atoms with Crippen molar-refractivity contribution in [1.29, 1.82) is 0 Å². The van der Waals surface area contributed by atoms with Gasteiger partial charge in [-0.1, -0.05) is 6.07 Å². The summed E-state index contributed by atoms with van der Waals surface area (Å²) >= 11 is 1.39. The number of hydrogen-bond acceptors (Lipinski definition) is 5. The predicted octanol–water partition coefficient (Wildman–Crippen LogP) is 1.90. The molecule has 112 valence electrons. The maximum Gasteiger partial charge on any atom is 0.260 e. The van der Waals surface area contributed by atoms with E-state index in [1.54, 1.807) is 6.07 Å². The average molecular weight is 325 g/mol. The van der Waals surface area contributed by atoms with Gasteiger partial charge in [-0.05, 0) is 24.3 Å². The third-order valence-corrected chi connectivity index (χ3v) is 6.39. The van der Waals surface area contributed by atoms with E-state index in [0.717, 1.165) is 6.42 Å². The molecule has 0 saturated carbocycles. The van der Waals surface area contributed by atoms with Gasteiger partial charge in [0.25, 0.3) is 10.0 Å². The number of ketones is 1. The first-order valence-electron chi connectivity index (χ1n) is 6.66. The van der Waals surface area contributed by atoms with Gasteiger partial charge in [-0.2, -0.15) is 4.31 Å². The zero-order valence-corrected chi connectivity index (χ0v) is 12.9. The molecule has 1 aliphatic heterocycles. The fourth-order valence-corrected chi connectivity index (χ4v) is 4.86. The van der Waals surface area contributed by atoms with Crippen molar-refractivity contribution >= 4 is 27.1 Å². The predicted molar refractivity (Wildman–Crippen MR) is 78.8 cm³/mol. The molecule has 0 aromatic carbocycles. The number of thiophene rings is 1. The second-order valence-electron chi connectivity index (χ2n) is 4.93. The quantitative estimate of drug-likeness (QED) is 0.851. The van der Waals surface area contributed by atoms with Crippen LogP contribution in [0.2, 0.25) is 0 Å². The van der Waals surface area contributed by atoms with Crippen molar-refractivity contribution in [1.82, 2.24) is 14.3 Å². The number of rotatable bonds is 5. The van der Waals surface area contributed by atoms with E-state index in [1.165, 1.54) is 28.2 Å². The maximum absolute atomic E-state index is 12.5. The van der Waals surface area contributed by atoms with Gasteiger partial charge in [0.2, 0.25) is 0 Å². The van der Waals surface area contributed by atoms with E-state index in [1.807, 2.05) is 11.4 Å². The second kappa shape index (κ2) is 5.70. The van der Waals surface area contributed by atoms with Crippen LogP contribution in [-0.2, 0) is 10.0 Å². The van der Waals surface area contributed by atoms with Gasteiger partial charge in [0.1, 0.15) is 0 Å². The molecular weight excluding hydrogens is 310 g/mol. The van der Waals surface area contributed by atoms with Crippen LogP contribution in [0.3, 0.4) is 0 Å². The number of sulfonamides is 1. The molecular formula is C13H15N3O3S2. The number of hydrogen-bond donors (Lipinski definition) is 1. The molecule has 21 heavy (non-hydrogen) atoms. The second-order valence-corrected chi connectivity index (χ2v) is 7.74. The van der Waals surface area contributed by atoms with E-state index in [2.05, 4.69) is 9.97 Å². The molecule has 6 nitrogen and oxygen atoms in total. The highest BCUT2D eigenvalue weighted by Gasteiger charge is 2.37. The maximum atomic E-state index is 12.5. The van der Waals surface area contributed by atoms with E-state index in [9.17, 15) is 13.2 Å². The number of H-pyrrole nitrogens is 1. The molecule has 0 bridgehead atoms. The summed E-state index contributed by atoms with van der Waals surface area (Å²) in [5.74, 6) is 0.00158. The first kappa shape index (κ1) is 14.4. The van der Waals surface area contributed by atoms with Crippen LogP contribution in [0.25, 0.3) is 0 Å². The van der Waals surface area contributed by atoms with Gasteiger partial charge in [0.15, 0.2) is 10.8 Å². The van der Waals surface area contributed by atoms with Crippen LogP contribution < -0.4 is 0 Å². The van der Waals surface area contributed by atoms with Crippen LogP contribution >= 0.6 is 11.3 Å². The monoisotopic (exact) mass is 325 g/mol. The Bertz CT molecular complexity index is 708. The highest BCUT2D eigenvalue weighted by Crippen LogP contribution is 2.28. The molecule has 1 unspecified atom stereocenters. The Morgan fingerprint density at radius 3 is 3.05 bits per heavy atom. The molecule has 1 N–H and O–H groups in total. The zero-order chi connectivity index (χ0) is 14.9. The summed E-state index contributed by atoms with van der Waals surface area (Å²) in [5, 5.41) is 1.93. The molecule has 3 heterocycles. The van der Waals surface area contributed by atoms with E-state index in [-0.39, 0.29) is 23.3 Å². The normalized spacial score (nSPS) is 19.9. The van der Waals surface area contributed by atoms with Crippen LogP contribution in [0.15, 0.2) is 35.1 Å². The Morgan fingerprint density at radius 2 is 2.38 bits per heavy atom. The molecule has 1 fully saturated rings. The van der Waals surface area contributed by atoms with Gasteiger partial charge in [-0.15, -0.1) is 11.3 Å². The highest BCUT2D eigenvalue weighted by molar-refractivity contribution is 7.89. The molecule has 0 amide bonds. The lowest BCUT2D eigenvalue weighted by Crippen LogP contribution is -2.37. The number of aromatic amines is 1. The standard InChI is InChI=1S/C13H15N3O3S2/c17-11(12-4-2-6-20-12)7-10-3-1-5-16(10)21(18,19)13-8-14-9-15-13/h2,4,6,8-10H,1,3,5,7H2,(H,14,15). The van der Waals surface area contributed by atoms with Gasteiger partial charge >= 0.3 is 0 Å². The Hall–Kier alpha value is -1.51. The van der Waals surface area contributed by atoms with Gasteiger partial charge < -0.3 is 4.98 Å². The van der Waals surface area contributed by atoms with Gasteiger partial charge in [-0.25, -0.2) is 13.4 Å². The lowest BCUT2D eigenvalue weighted by molar-refractivity contribution is 0.0965. The topological polar surface area (TPSA) is 83.1 Å². The van der Waals surface area contributed by atoms with Gasteiger partial charge in [0, 0.05) is 19.0 Å². The molecule has 2 aromatic heterocycles. The van der Waals surface area contributed by atoms with E-state index in [4.69, 9.17) is 0 Å². The molecule has 1 saturated heterocycles. The molecule has 1 atom stereocenters. The van der Waals surface area contributed by atoms with Crippen molar-refractivity contribution in [3.8, 4) is 0 Å². The SMILES string of the molecule is O=C(CC1CCCN1S(=O)(=O)c1cnc[nH]1)c1cccs1. The Labute approximate surface area is 126 Å². The number of Topliss-reactive ketones (excluding diaryl/α,β-unsaturated/α-hetero) is 1. The van der Waals surface area contributed by atoms with Crippen molar-refractivity contribution < 1.29 is 13.2 Å². The lowest BCUT2D eigenvalue weighted by atomic mass is 10.1. The van der Waals surface area contributed by atoms with E-state index < -0.39 is 10.0 Å². The number of nitrogens with one attached hydrogen (secondary N) is 1. The van der Waals surface area contributed by atoms with E-state index in [0.29, 0.717) is 17.8 Å². The fraction of sp³-hybridized carbons (Fsp3) is 0.385. The molecule has 3 rings (SSSR count). The summed E-state index contributed by atoms with van der Waals surface area (Å²) in [6.07, 6.45) is 4.36. The molecule has 1 aliphatic rings. The van der Waals surface area contributed by atoms with Crippen molar-refractivity contribution in [2.75, 3.05) is 6.54 Å². The minimum atomic E-state index is -3.59. The van der Waals surface area contributed by atoms with Crippen LogP contribution in [-0.4, -0.2) is 41.1 Å². The number of imidazole rings is 1. The first-order valence-corrected chi connectivity index (χ1v) is 8.98. The summed E-state index contributed by atoms with van der Waals surface area (Å²) in [7, 11) is -3.59. The van der Waals surface area contributed by atoms with Crippen molar-refractivity contribution in [2.45, 2.75) is 30.3 Å². The van der Waals surface area contributed by atoms with Crippen molar-refractivity contribution in [3.63, 3.8) is 0 Å². The van der Waals surface area contributed by atoms with Crippen LogP contribution in [0.4, 0.5) is 0 Å². The minimum absolute atomic E-state index is 0.00158. The smallest absolute Gasteiger partial charge is 0.260 e. The van der Waals surface area contributed by atoms with Crippen molar-refractivity contribution in [2.24, 2.45) is 0 Å². The van der Waals surface area contributed by atoms with Crippen LogP contribution in [0, 0.1) is 0 Å². The van der Waals surface area contributed by atoms with Crippen LogP contribution in [0.1, 0.15) is 28.9 Å². The number of aromatic nitrogens is 2. The molecule has 2 aromatic rings. The third kappa shape index (κ3) is 2.78. The summed E-state index contributed by atoms with van der Waals surface area (Å²) in [6.45, 7) is 0.448. The third-order valence-electron chi connectivity index (χ3n) is 3.60. The molecule has 8 heteroatoms. The summed E-state index contributed by atoms with van der Waals surface area (Å²) in [5.41, 5.74) is 0.